The molecule has 1 N–H and O–H groups in total. The molecule has 0 bridgehead atoms. The molecule has 0 spiro atoms. The van der Waals surface area contributed by atoms with Crippen LogP contribution in [-0.4, -0.2) is 29.3 Å². The Bertz CT molecular complexity index is 508. The first-order valence-corrected chi connectivity index (χ1v) is 5.25. The van der Waals surface area contributed by atoms with Crippen LogP contribution < -0.4 is 9.47 Å². The van der Waals surface area contributed by atoms with Crippen molar-refractivity contribution in [3.63, 3.8) is 0 Å². The lowest BCUT2D eigenvalue weighted by Gasteiger charge is -2.05. The molecule has 0 saturated heterocycles. The molecule has 0 fully saturated rings. The van der Waals surface area contributed by atoms with E-state index in [4.69, 9.17) is 19.0 Å². The molecule has 0 unspecified atom stereocenters. The smallest absolute Gasteiger partial charge is 0.394 e. The summed E-state index contributed by atoms with van der Waals surface area (Å²) in [5.41, 5.74) is -0.186. The van der Waals surface area contributed by atoms with Crippen molar-refractivity contribution < 1.29 is 23.8 Å². The van der Waals surface area contributed by atoms with E-state index in [2.05, 4.69) is 4.98 Å². The average Bonchev–Trinajstić information content (AvgIpc) is 2.85. The van der Waals surface area contributed by atoms with Gasteiger partial charge in [-0.1, -0.05) is 18.2 Å². The highest BCUT2D eigenvalue weighted by Crippen LogP contribution is 2.11. The van der Waals surface area contributed by atoms with Crippen molar-refractivity contribution in [2.24, 2.45) is 0 Å². The third kappa shape index (κ3) is 3.24. The maximum Gasteiger partial charge on any atom is 0.394 e. The lowest BCUT2D eigenvalue weighted by molar-refractivity contribution is 0.0690. The fourth-order valence-electron chi connectivity index (χ4n) is 1.23. The van der Waals surface area contributed by atoms with Crippen LogP contribution in [0.1, 0.15) is 10.5 Å². The van der Waals surface area contributed by atoms with Crippen LogP contribution in [0.5, 0.6) is 11.8 Å². The Kier molecular flexibility index (Phi) is 3.80. The van der Waals surface area contributed by atoms with Gasteiger partial charge in [-0.15, -0.1) is 0 Å². The topological polar surface area (TPSA) is 81.8 Å². The molecule has 0 saturated carbocycles. The lowest BCUT2D eigenvalue weighted by Crippen LogP contribution is -2.09. The minimum Gasteiger partial charge on any atom is -0.490 e. The average molecular weight is 249 g/mol. The van der Waals surface area contributed by atoms with Crippen molar-refractivity contribution in [1.82, 2.24) is 4.98 Å². The number of nitrogens with zero attached hydrogens (tertiary/aromatic N) is 1. The van der Waals surface area contributed by atoms with Crippen molar-refractivity contribution in [2.45, 2.75) is 0 Å². The highest BCUT2D eigenvalue weighted by Gasteiger charge is 2.10. The Morgan fingerprint density at radius 2 is 1.94 bits per heavy atom. The van der Waals surface area contributed by atoms with E-state index in [1.54, 1.807) is 0 Å². The summed E-state index contributed by atoms with van der Waals surface area (Å²) in [5.74, 6) is -0.422. The van der Waals surface area contributed by atoms with Gasteiger partial charge in [0.05, 0.1) is 0 Å². The van der Waals surface area contributed by atoms with Crippen molar-refractivity contribution in [1.29, 1.82) is 0 Å². The fraction of sp³-hybridized carbons (Fsp3) is 0.167. The number of carboxylic acid groups (broad SMARTS) is 1. The SMILES string of the molecule is O=C(O)c1coc(OCCOc2ccccc2)n1. The van der Waals surface area contributed by atoms with Gasteiger partial charge >= 0.3 is 12.0 Å². The second kappa shape index (κ2) is 5.72. The number of rotatable bonds is 6. The molecule has 0 atom stereocenters. The Hall–Kier alpha value is -2.50. The number of carboxylic acids is 1. The van der Waals surface area contributed by atoms with Gasteiger partial charge in [0.25, 0.3) is 0 Å². The van der Waals surface area contributed by atoms with Gasteiger partial charge in [-0.25, -0.2) is 4.79 Å². The lowest BCUT2D eigenvalue weighted by atomic mass is 10.3. The van der Waals surface area contributed by atoms with Gasteiger partial charge in [0.1, 0.15) is 25.2 Å². The van der Waals surface area contributed by atoms with Crippen molar-refractivity contribution in [2.75, 3.05) is 13.2 Å². The molecule has 0 aliphatic rings. The Labute approximate surface area is 103 Å². The number of aromatic carboxylic acids is 1. The number of oxazole rings is 1. The van der Waals surface area contributed by atoms with E-state index >= 15 is 0 Å². The molecule has 0 radical (unpaired) electrons. The van der Waals surface area contributed by atoms with Gasteiger partial charge in [-0.3, -0.25) is 0 Å². The summed E-state index contributed by atoms with van der Waals surface area (Å²) in [5, 5.41) is 8.62. The van der Waals surface area contributed by atoms with Crippen LogP contribution in [0.2, 0.25) is 0 Å². The molecule has 94 valence electrons. The third-order valence-electron chi connectivity index (χ3n) is 2.02. The molecule has 6 nitrogen and oxygen atoms in total. The summed E-state index contributed by atoms with van der Waals surface area (Å²) in [6.45, 7) is 0.531. The van der Waals surface area contributed by atoms with Crippen molar-refractivity contribution in [3.8, 4) is 11.8 Å². The minimum absolute atomic E-state index is 0.0796. The molecule has 2 aromatic rings. The first kappa shape index (κ1) is 12.0. The molecule has 1 aromatic heterocycles. The number of ether oxygens (including phenoxy) is 2. The summed E-state index contributed by atoms with van der Waals surface area (Å²) in [6.07, 6.45) is 0.944. The zero-order valence-corrected chi connectivity index (χ0v) is 9.41. The summed E-state index contributed by atoms with van der Waals surface area (Å²) in [7, 11) is 0. The Morgan fingerprint density at radius 1 is 1.22 bits per heavy atom. The van der Waals surface area contributed by atoms with Gasteiger partial charge in [-0.2, -0.15) is 4.98 Å². The molecule has 1 heterocycles. The number of para-hydroxylation sites is 1. The number of hydrogen-bond donors (Lipinski definition) is 1. The number of hydrogen-bond acceptors (Lipinski definition) is 5. The van der Waals surface area contributed by atoms with Crippen LogP contribution >= 0.6 is 0 Å². The Morgan fingerprint density at radius 3 is 2.61 bits per heavy atom. The molecular formula is C12H11NO5. The fourth-order valence-corrected chi connectivity index (χ4v) is 1.23. The molecule has 0 aliphatic heterocycles. The first-order chi connectivity index (χ1) is 8.75. The summed E-state index contributed by atoms with van der Waals surface area (Å²) in [6, 6.07) is 9.28. The van der Waals surface area contributed by atoms with E-state index in [0.29, 0.717) is 6.61 Å². The third-order valence-corrected chi connectivity index (χ3v) is 2.02. The largest absolute Gasteiger partial charge is 0.490 e. The molecular weight excluding hydrogens is 238 g/mol. The van der Waals surface area contributed by atoms with Crippen molar-refractivity contribution >= 4 is 5.97 Å². The van der Waals surface area contributed by atoms with Crippen LogP contribution in [0.15, 0.2) is 41.0 Å². The molecule has 0 amide bonds. The number of benzene rings is 1. The van der Waals surface area contributed by atoms with Crippen molar-refractivity contribution in [3.05, 3.63) is 42.3 Å². The predicted octanol–water partition coefficient (Wildman–Crippen LogP) is 1.83. The monoisotopic (exact) mass is 249 g/mol. The maximum absolute atomic E-state index is 10.5. The van der Waals surface area contributed by atoms with E-state index in [1.807, 2.05) is 30.3 Å². The molecule has 0 aliphatic carbocycles. The standard InChI is InChI=1S/C12H11NO5/c14-11(15)10-8-18-12(13-10)17-7-6-16-9-4-2-1-3-5-9/h1-5,8H,6-7H2,(H,14,15). The van der Waals surface area contributed by atoms with Gasteiger partial charge in [0, 0.05) is 0 Å². The second-order valence-corrected chi connectivity index (χ2v) is 3.31. The Balaban J connectivity index is 1.73. The van der Waals surface area contributed by atoms with Crippen LogP contribution in [-0.2, 0) is 0 Å². The quantitative estimate of drug-likeness (QED) is 0.786. The van der Waals surface area contributed by atoms with Crippen LogP contribution in [0.4, 0.5) is 0 Å². The van der Waals surface area contributed by atoms with Gasteiger partial charge in [0.2, 0.25) is 0 Å². The predicted molar refractivity (Wildman–Crippen MR) is 60.9 cm³/mol. The van der Waals surface area contributed by atoms with E-state index in [-0.39, 0.29) is 18.4 Å². The number of carbonyl (C=O) groups is 1. The van der Waals surface area contributed by atoms with Gasteiger partial charge in [0.15, 0.2) is 5.69 Å². The summed E-state index contributed by atoms with van der Waals surface area (Å²) in [4.78, 5) is 14.1. The second-order valence-electron chi connectivity index (χ2n) is 3.31. The maximum atomic E-state index is 10.5. The summed E-state index contributed by atoms with van der Waals surface area (Å²) < 4.78 is 15.3. The normalized spacial score (nSPS) is 10.0. The molecule has 18 heavy (non-hydrogen) atoms. The highest BCUT2D eigenvalue weighted by molar-refractivity contribution is 5.84. The first-order valence-electron chi connectivity index (χ1n) is 5.25. The van der Waals surface area contributed by atoms with Gasteiger partial charge in [-0.05, 0) is 12.1 Å². The van der Waals surface area contributed by atoms with Crippen LogP contribution in [0, 0.1) is 0 Å². The zero-order valence-electron chi connectivity index (χ0n) is 9.41. The number of aromatic nitrogens is 1. The van der Waals surface area contributed by atoms with E-state index < -0.39 is 5.97 Å². The molecule has 6 heteroatoms. The highest BCUT2D eigenvalue weighted by atomic mass is 16.6. The molecule has 1 aromatic carbocycles. The van der Waals surface area contributed by atoms with E-state index in [9.17, 15) is 4.79 Å². The minimum atomic E-state index is -1.16. The van der Waals surface area contributed by atoms with E-state index in [0.717, 1.165) is 12.0 Å². The van der Waals surface area contributed by atoms with Crippen LogP contribution in [0.25, 0.3) is 0 Å². The van der Waals surface area contributed by atoms with Crippen LogP contribution in [0.3, 0.4) is 0 Å². The molecule has 2 rings (SSSR count). The van der Waals surface area contributed by atoms with Gasteiger partial charge < -0.3 is 19.0 Å². The van der Waals surface area contributed by atoms with E-state index in [1.165, 1.54) is 0 Å². The zero-order chi connectivity index (χ0) is 12.8. The summed E-state index contributed by atoms with van der Waals surface area (Å²) >= 11 is 0.